The van der Waals surface area contributed by atoms with Crippen molar-refractivity contribution in [1.29, 1.82) is 0 Å². The second-order valence-corrected chi connectivity index (χ2v) is 4.29. The van der Waals surface area contributed by atoms with Gasteiger partial charge in [0, 0.05) is 5.92 Å². The van der Waals surface area contributed by atoms with Gasteiger partial charge in [-0.2, -0.15) is 0 Å². The molecule has 2 fully saturated rings. The molecule has 14 heavy (non-hydrogen) atoms. The van der Waals surface area contributed by atoms with E-state index in [-0.39, 0.29) is 24.7 Å². The highest BCUT2D eigenvalue weighted by atomic mass is 16.7. The molecule has 78 valence electrons. The Morgan fingerprint density at radius 1 is 1.43 bits per heavy atom. The van der Waals surface area contributed by atoms with Gasteiger partial charge in [-0.05, 0) is 6.42 Å². The Bertz CT molecular complexity index is 276. The van der Waals surface area contributed by atoms with Crippen molar-refractivity contribution in [3.8, 4) is 11.8 Å². The summed E-state index contributed by atoms with van der Waals surface area (Å²) in [6.07, 6.45) is 0.606. The van der Waals surface area contributed by atoms with E-state index in [1.165, 1.54) is 0 Å². The summed E-state index contributed by atoms with van der Waals surface area (Å²) in [5.74, 6) is 6.25. The van der Waals surface area contributed by atoms with Gasteiger partial charge in [0.1, 0.15) is 0 Å². The molecule has 0 radical (unpaired) electrons. The number of fused-ring (bicyclic) bond motifs is 1. The van der Waals surface area contributed by atoms with E-state index in [9.17, 15) is 5.11 Å². The fourth-order valence-corrected chi connectivity index (χ4v) is 1.91. The first-order chi connectivity index (χ1) is 6.62. The second kappa shape index (κ2) is 3.54. The summed E-state index contributed by atoms with van der Waals surface area (Å²) in [5, 5.41) is 10.2. The molecule has 3 atom stereocenters. The molecule has 2 heterocycles. The van der Waals surface area contributed by atoms with Gasteiger partial charge in [0.15, 0.2) is 11.9 Å². The predicted octanol–water partition coefficient (Wildman–Crippen LogP) is 0.770. The first-order valence-electron chi connectivity index (χ1n) is 5.10. The zero-order chi connectivity index (χ0) is 10.2. The molecule has 0 aliphatic carbocycles. The van der Waals surface area contributed by atoms with Gasteiger partial charge < -0.3 is 14.6 Å². The average Bonchev–Trinajstić information content (AvgIpc) is 2.68. The summed E-state index contributed by atoms with van der Waals surface area (Å²) in [7, 11) is 0. The van der Waals surface area contributed by atoms with Crippen LogP contribution in [-0.2, 0) is 9.47 Å². The molecule has 2 rings (SSSR count). The quantitative estimate of drug-likeness (QED) is 0.582. The number of rotatable bonds is 0. The molecule has 0 spiro atoms. The smallest absolute Gasteiger partial charge is 0.164 e. The second-order valence-electron chi connectivity index (χ2n) is 4.29. The van der Waals surface area contributed by atoms with E-state index in [1.807, 2.05) is 13.8 Å². The van der Waals surface area contributed by atoms with Crippen LogP contribution in [0, 0.1) is 23.7 Å². The Kier molecular flexibility index (Phi) is 2.52. The minimum Gasteiger partial charge on any atom is -0.375 e. The standard InChI is InChI=1S/C11H16O3/c1-8(2)3-5-11(12)7-14-10-9(11)4-6-13-10/h8-10,12H,4,6-7H2,1-2H3/t9-,10-,11?/m1/s1. The predicted molar refractivity (Wildman–Crippen MR) is 51.4 cm³/mol. The largest absolute Gasteiger partial charge is 0.375 e. The van der Waals surface area contributed by atoms with Crippen molar-refractivity contribution in [3.63, 3.8) is 0 Å². The van der Waals surface area contributed by atoms with Gasteiger partial charge >= 0.3 is 0 Å². The van der Waals surface area contributed by atoms with Crippen LogP contribution in [0.4, 0.5) is 0 Å². The van der Waals surface area contributed by atoms with Gasteiger partial charge in [-0.25, -0.2) is 0 Å². The molecule has 2 saturated heterocycles. The molecule has 0 aromatic heterocycles. The highest BCUT2D eigenvalue weighted by molar-refractivity contribution is 5.20. The highest BCUT2D eigenvalue weighted by Gasteiger charge is 2.51. The molecule has 0 bridgehead atoms. The van der Waals surface area contributed by atoms with Crippen molar-refractivity contribution >= 4 is 0 Å². The molecular weight excluding hydrogens is 180 g/mol. The van der Waals surface area contributed by atoms with E-state index in [2.05, 4.69) is 11.8 Å². The van der Waals surface area contributed by atoms with Crippen LogP contribution in [0.3, 0.4) is 0 Å². The Hall–Kier alpha value is -0.560. The van der Waals surface area contributed by atoms with E-state index < -0.39 is 5.60 Å². The average molecular weight is 196 g/mol. The van der Waals surface area contributed by atoms with Crippen molar-refractivity contribution in [1.82, 2.24) is 0 Å². The van der Waals surface area contributed by atoms with Crippen molar-refractivity contribution in [2.75, 3.05) is 13.2 Å². The molecule has 1 N–H and O–H groups in total. The SMILES string of the molecule is CC(C)C#CC1(O)CO[C@H]2OCC[C@H]21. The Morgan fingerprint density at radius 2 is 2.21 bits per heavy atom. The molecule has 0 aromatic carbocycles. The van der Waals surface area contributed by atoms with Crippen molar-refractivity contribution in [3.05, 3.63) is 0 Å². The van der Waals surface area contributed by atoms with Gasteiger partial charge in [0.05, 0.1) is 19.1 Å². The lowest BCUT2D eigenvalue weighted by atomic mass is 9.89. The fraction of sp³-hybridized carbons (Fsp3) is 0.818. The zero-order valence-corrected chi connectivity index (χ0v) is 8.62. The van der Waals surface area contributed by atoms with Crippen LogP contribution in [0.1, 0.15) is 20.3 Å². The summed E-state index contributed by atoms with van der Waals surface area (Å²) in [6.45, 7) is 4.96. The zero-order valence-electron chi connectivity index (χ0n) is 8.62. The van der Waals surface area contributed by atoms with Crippen LogP contribution in [-0.4, -0.2) is 30.2 Å². The van der Waals surface area contributed by atoms with Crippen LogP contribution in [0.5, 0.6) is 0 Å². The van der Waals surface area contributed by atoms with Gasteiger partial charge in [-0.3, -0.25) is 0 Å². The van der Waals surface area contributed by atoms with Gasteiger partial charge in [-0.15, -0.1) is 0 Å². The van der Waals surface area contributed by atoms with Crippen LogP contribution in [0.25, 0.3) is 0 Å². The summed E-state index contributed by atoms with van der Waals surface area (Å²) in [4.78, 5) is 0. The number of aliphatic hydroxyl groups is 1. The van der Waals surface area contributed by atoms with Crippen LogP contribution >= 0.6 is 0 Å². The van der Waals surface area contributed by atoms with E-state index in [0.29, 0.717) is 6.61 Å². The summed E-state index contributed by atoms with van der Waals surface area (Å²) < 4.78 is 10.7. The molecule has 1 unspecified atom stereocenters. The van der Waals surface area contributed by atoms with Gasteiger partial charge in [0.2, 0.25) is 0 Å². The normalized spacial score (nSPS) is 40.9. The highest BCUT2D eigenvalue weighted by Crippen LogP contribution is 2.38. The Labute approximate surface area is 84.4 Å². The molecule has 2 aliphatic heterocycles. The third kappa shape index (κ3) is 1.66. The third-order valence-electron chi connectivity index (χ3n) is 2.70. The Balaban J connectivity index is 2.13. The van der Waals surface area contributed by atoms with E-state index >= 15 is 0 Å². The van der Waals surface area contributed by atoms with Crippen LogP contribution in [0.2, 0.25) is 0 Å². The summed E-state index contributed by atoms with van der Waals surface area (Å²) in [5.41, 5.74) is -0.981. The monoisotopic (exact) mass is 196 g/mol. The van der Waals surface area contributed by atoms with Crippen LogP contribution in [0.15, 0.2) is 0 Å². The van der Waals surface area contributed by atoms with E-state index in [0.717, 1.165) is 6.42 Å². The molecular formula is C11H16O3. The minimum absolute atomic E-state index is 0.0359. The molecule has 3 nitrogen and oxygen atoms in total. The van der Waals surface area contributed by atoms with Gasteiger partial charge in [0.25, 0.3) is 0 Å². The lowest BCUT2D eigenvalue weighted by Gasteiger charge is -2.19. The molecule has 2 aliphatic rings. The van der Waals surface area contributed by atoms with E-state index in [4.69, 9.17) is 9.47 Å². The maximum absolute atomic E-state index is 10.2. The molecule has 3 heteroatoms. The minimum atomic E-state index is -0.981. The Morgan fingerprint density at radius 3 is 2.93 bits per heavy atom. The maximum Gasteiger partial charge on any atom is 0.164 e. The molecule has 0 saturated carbocycles. The number of ether oxygens (including phenoxy) is 2. The molecule has 0 amide bonds. The third-order valence-corrected chi connectivity index (χ3v) is 2.70. The van der Waals surface area contributed by atoms with Crippen molar-refractivity contribution < 1.29 is 14.6 Å². The molecule has 0 aromatic rings. The lowest BCUT2D eigenvalue weighted by molar-refractivity contribution is -0.0909. The van der Waals surface area contributed by atoms with Crippen LogP contribution < -0.4 is 0 Å². The number of hydrogen-bond donors (Lipinski definition) is 1. The van der Waals surface area contributed by atoms with Crippen molar-refractivity contribution in [2.45, 2.75) is 32.2 Å². The topological polar surface area (TPSA) is 38.7 Å². The fourth-order valence-electron chi connectivity index (χ4n) is 1.91. The first-order valence-corrected chi connectivity index (χ1v) is 5.10. The first kappa shape index (κ1) is 9.97. The van der Waals surface area contributed by atoms with Gasteiger partial charge in [-0.1, -0.05) is 25.7 Å². The summed E-state index contributed by atoms with van der Waals surface area (Å²) in [6, 6.07) is 0. The number of hydrogen-bond acceptors (Lipinski definition) is 3. The summed E-state index contributed by atoms with van der Waals surface area (Å²) >= 11 is 0. The van der Waals surface area contributed by atoms with E-state index in [1.54, 1.807) is 0 Å². The maximum atomic E-state index is 10.2. The lowest BCUT2D eigenvalue weighted by Crippen LogP contribution is -2.36. The van der Waals surface area contributed by atoms with Crippen molar-refractivity contribution in [2.24, 2.45) is 11.8 Å².